The Morgan fingerprint density at radius 1 is 1.00 bits per heavy atom. The summed E-state index contributed by atoms with van der Waals surface area (Å²) in [5.41, 5.74) is 1.79. The molecule has 2 aromatic carbocycles. The second-order valence-electron chi connectivity index (χ2n) is 9.21. The summed E-state index contributed by atoms with van der Waals surface area (Å²) in [5, 5.41) is 4.28. The molecule has 2 bridgehead atoms. The van der Waals surface area contributed by atoms with Gasteiger partial charge >= 0.3 is 0 Å². The molecule has 0 unspecified atom stereocenters. The lowest BCUT2D eigenvalue weighted by molar-refractivity contribution is 0.132. The van der Waals surface area contributed by atoms with Crippen molar-refractivity contribution < 1.29 is 4.74 Å². The quantitative estimate of drug-likeness (QED) is 0.653. The van der Waals surface area contributed by atoms with Gasteiger partial charge in [-0.15, -0.1) is 0 Å². The molecule has 142 valence electrons. The molecular weight excluding hydrogens is 352 g/mol. The van der Waals surface area contributed by atoms with Crippen molar-refractivity contribution in [1.29, 1.82) is 0 Å². The summed E-state index contributed by atoms with van der Waals surface area (Å²) in [6, 6.07) is 18.4. The topological polar surface area (TPSA) is 24.5 Å². The largest absolute Gasteiger partial charge is 0.457 e. The number of benzene rings is 2. The van der Waals surface area contributed by atoms with Gasteiger partial charge in [-0.25, -0.2) is 0 Å². The van der Waals surface area contributed by atoms with E-state index in [1.165, 1.54) is 19.3 Å². The molecule has 1 aliphatic heterocycles. The molecule has 3 nitrogen and oxygen atoms in total. The molecule has 0 radical (unpaired) electrons. The van der Waals surface area contributed by atoms with E-state index in [4.69, 9.17) is 17.0 Å². The van der Waals surface area contributed by atoms with Crippen molar-refractivity contribution in [3.63, 3.8) is 0 Å². The first-order valence-corrected chi connectivity index (χ1v) is 10.1. The molecule has 2 fully saturated rings. The fourth-order valence-electron chi connectivity index (χ4n) is 5.12. The Morgan fingerprint density at radius 3 is 2.37 bits per heavy atom. The van der Waals surface area contributed by atoms with Crippen molar-refractivity contribution in [2.75, 3.05) is 11.9 Å². The highest BCUT2D eigenvalue weighted by atomic mass is 32.1. The number of ether oxygens (including phenoxy) is 1. The molecule has 0 spiro atoms. The molecule has 0 amide bonds. The lowest BCUT2D eigenvalue weighted by Gasteiger charge is -2.39. The first kappa shape index (κ1) is 18.3. The highest BCUT2D eigenvalue weighted by Crippen LogP contribution is 2.52. The number of rotatable bonds is 3. The van der Waals surface area contributed by atoms with Gasteiger partial charge in [0.2, 0.25) is 0 Å². The maximum Gasteiger partial charge on any atom is 0.173 e. The Kier molecular flexibility index (Phi) is 4.63. The zero-order valence-corrected chi connectivity index (χ0v) is 17.2. The lowest BCUT2D eigenvalue weighted by atomic mass is 9.65. The Morgan fingerprint density at radius 2 is 1.67 bits per heavy atom. The molecule has 1 aliphatic carbocycles. The van der Waals surface area contributed by atoms with E-state index < -0.39 is 0 Å². The van der Waals surface area contributed by atoms with Crippen LogP contribution in [0.2, 0.25) is 0 Å². The van der Waals surface area contributed by atoms with Crippen molar-refractivity contribution in [2.24, 2.45) is 10.8 Å². The van der Waals surface area contributed by atoms with Crippen molar-refractivity contribution >= 4 is 23.0 Å². The van der Waals surface area contributed by atoms with E-state index in [-0.39, 0.29) is 0 Å². The number of para-hydroxylation sites is 1. The van der Waals surface area contributed by atoms with Crippen LogP contribution in [0.3, 0.4) is 0 Å². The van der Waals surface area contributed by atoms with Crippen LogP contribution in [0.5, 0.6) is 11.5 Å². The number of hydrogen-bond donors (Lipinski definition) is 1. The van der Waals surface area contributed by atoms with Crippen LogP contribution >= 0.6 is 12.2 Å². The average molecular weight is 381 g/mol. The Bertz CT molecular complexity index is 818. The number of thiocarbonyl (C=S) groups is 1. The van der Waals surface area contributed by atoms with Crippen molar-refractivity contribution in [3.05, 3.63) is 54.6 Å². The van der Waals surface area contributed by atoms with Crippen LogP contribution in [-0.2, 0) is 0 Å². The van der Waals surface area contributed by atoms with E-state index in [0.717, 1.165) is 28.8 Å². The minimum atomic E-state index is 0.380. The molecule has 1 N–H and O–H groups in total. The third-order valence-electron chi connectivity index (χ3n) is 5.76. The minimum absolute atomic E-state index is 0.380. The van der Waals surface area contributed by atoms with Crippen molar-refractivity contribution in [3.8, 4) is 11.5 Å². The Balaban J connectivity index is 1.40. The Labute approximate surface area is 167 Å². The monoisotopic (exact) mass is 380 g/mol. The van der Waals surface area contributed by atoms with Gasteiger partial charge in [-0.05, 0) is 78.7 Å². The zero-order valence-electron chi connectivity index (χ0n) is 16.4. The summed E-state index contributed by atoms with van der Waals surface area (Å²) in [4.78, 5) is 2.42. The van der Waals surface area contributed by atoms with Crippen LogP contribution < -0.4 is 10.1 Å². The SMILES string of the molecule is CC1(C)C[C@@H]2C[C@@](C)(CN2C(=S)Nc2ccc(Oc3ccccc3)cc2)C1. The number of nitrogens with one attached hydrogen (secondary N) is 1. The number of hydrogen-bond acceptors (Lipinski definition) is 2. The van der Waals surface area contributed by atoms with Crippen LogP contribution in [-0.4, -0.2) is 22.6 Å². The van der Waals surface area contributed by atoms with Gasteiger partial charge in [-0.3, -0.25) is 0 Å². The van der Waals surface area contributed by atoms with Crippen LogP contribution in [0.1, 0.15) is 40.0 Å². The third-order valence-corrected chi connectivity index (χ3v) is 6.10. The summed E-state index contributed by atoms with van der Waals surface area (Å²) in [5.74, 6) is 1.66. The number of likely N-dealkylation sites (tertiary alicyclic amines) is 1. The van der Waals surface area contributed by atoms with Gasteiger partial charge in [-0.1, -0.05) is 39.0 Å². The van der Waals surface area contributed by atoms with Gasteiger partial charge in [0.05, 0.1) is 0 Å². The smallest absolute Gasteiger partial charge is 0.173 e. The summed E-state index contributed by atoms with van der Waals surface area (Å²) >= 11 is 5.77. The summed E-state index contributed by atoms with van der Waals surface area (Å²) in [6.45, 7) is 8.26. The first-order valence-electron chi connectivity index (χ1n) is 9.73. The minimum Gasteiger partial charge on any atom is -0.457 e. The van der Waals surface area contributed by atoms with E-state index in [1.54, 1.807) is 0 Å². The van der Waals surface area contributed by atoms with Gasteiger partial charge in [0.25, 0.3) is 0 Å². The molecule has 1 saturated carbocycles. The van der Waals surface area contributed by atoms with Crippen LogP contribution in [0.15, 0.2) is 54.6 Å². The molecule has 27 heavy (non-hydrogen) atoms. The number of fused-ring (bicyclic) bond motifs is 2. The first-order chi connectivity index (χ1) is 12.8. The zero-order chi connectivity index (χ0) is 19.1. The summed E-state index contributed by atoms with van der Waals surface area (Å²) in [7, 11) is 0. The van der Waals surface area contributed by atoms with E-state index in [9.17, 15) is 0 Å². The molecule has 2 aromatic rings. The fourth-order valence-corrected chi connectivity index (χ4v) is 5.46. The second kappa shape index (κ2) is 6.83. The normalized spacial score (nSPS) is 25.9. The predicted octanol–water partition coefficient (Wildman–Crippen LogP) is 6.08. The van der Waals surface area contributed by atoms with Gasteiger partial charge in [-0.2, -0.15) is 0 Å². The van der Waals surface area contributed by atoms with E-state index in [2.05, 4.69) is 31.0 Å². The number of nitrogens with zero attached hydrogens (tertiary/aromatic N) is 1. The molecule has 1 saturated heterocycles. The fraction of sp³-hybridized carbons (Fsp3) is 0.435. The maximum atomic E-state index is 5.86. The van der Waals surface area contributed by atoms with Crippen LogP contribution in [0, 0.1) is 10.8 Å². The van der Waals surface area contributed by atoms with Gasteiger partial charge in [0.15, 0.2) is 5.11 Å². The molecule has 1 heterocycles. The predicted molar refractivity (Wildman–Crippen MR) is 115 cm³/mol. The molecule has 4 heteroatoms. The van der Waals surface area contributed by atoms with E-state index >= 15 is 0 Å². The van der Waals surface area contributed by atoms with Crippen LogP contribution in [0.25, 0.3) is 0 Å². The molecule has 4 rings (SSSR count). The lowest BCUT2D eigenvalue weighted by Crippen LogP contribution is -2.39. The molecular formula is C23H28N2OS. The van der Waals surface area contributed by atoms with Gasteiger partial charge in [0, 0.05) is 18.3 Å². The van der Waals surface area contributed by atoms with Crippen LogP contribution in [0.4, 0.5) is 5.69 Å². The molecule has 2 aliphatic rings. The van der Waals surface area contributed by atoms with Gasteiger partial charge < -0.3 is 15.0 Å². The summed E-state index contributed by atoms with van der Waals surface area (Å²) in [6.07, 6.45) is 3.75. The maximum absolute atomic E-state index is 5.86. The van der Waals surface area contributed by atoms with E-state index in [1.807, 2.05) is 54.6 Å². The standard InChI is InChI=1S/C23H28N2OS/c1-22(2)13-18-14-23(3,15-22)16-25(18)21(27)24-17-9-11-20(12-10-17)26-19-7-5-4-6-8-19/h4-12,18H,13-16H2,1-3H3,(H,24,27)/t18-,23-/m1/s1. The Hall–Kier alpha value is -2.07. The molecule has 2 atom stereocenters. The van der Waals surface area contributed by atoms with E-state index in [0.29, 0.717) is 16.9 Å². The third kappa shape index (κ3) is 4.11. The van der Waals surface area contributed by atoms with Gasteiger partial charge in [0.1, 0.15) is 11.5 Å². The van der Waals surface area contributed by atoms with Crippen molar-refractivity contribution in [2.45, 2.75) is 46.1 Å². The second-order valence-corrected chi connectivity index (χ2v) is 9.60. The highest BCUT2D eigenvalue weighted by molar-refractivity contribution is 7.80. The molecule has 0 aromatic heterocycles. The average Bonchev–Trinajstić information content (AvgIpc) is 2.86. The number of anilines is 1. The summed E-state index contributed by atoms with van der Waals surface area (Å²) < 4.78 is 5.86. The van der Waals surface area contributed by atoms with Crippen molar-refractivity contribution in [1.82, 2.24) is 4.90 Å². The highest BCUT2D eigenvalue weighted by Gasteiger charge is 2.50.